The maximum atomic E-state index is 10.4. The van der Waals surface area contributed by atoms with Gasteiger partial charge in [0.25, 0.3) is 0 Å². The van der Waals surface area contributed by atoms with Gasteiger partial charge in [-0.3, -0.25) is 8.97 Å². The van der Waals surface area contributed by atoms with Crippen LogP contribution >= 0.6 is 0 Å². The summed E-state index contributed by atoms with van der Waals surface area (Å²) in [7, 11) is 0. The van der Waals surface area contributed by atoms with Crippen molar-refractivity contribution in [1.82, 2.24) is 23.9 Å². The van der Waals surface area contributed by atoms with E-state index in [1.807, 2.05) is 30.3 Å². The van der Waals surface area contributed by atoms with Gasteiger partial charge in [-0.2, -0.15) is 4.98 Å². The molecular weight excluding hydrogens is 378 g/mol. The summed E-state index contributed by atoms with van der Waals surface area (Å²) in [6.45, 7) is -0.102. The number of rotatable bonds is 5. The van der Waals surface area contributed by atoms with E-state index in [9.17, 15) is 15.3 Å². The molecule has 29 heavy (non-hydrogen) atoms. The van der Waals surface area contributed by atoms with Crippen molar-refractivity contribution in [3.8, 4) is 5.88 Å². The average Bonchev–Trinajstić information content (AvgIpc) is 3.45. The molecule has 0 saturated carbocycles. The zero-order chi connectivity index (χ0) is 20.0. The van der Waals surface area contributed by atoms with Crippen molar-refractivity contribution in [1.29, 1.82) is 0 Å². The van der Waals surface area contributed by atoms with E-state index in [2.05, 4.69) is 15.0 Å². The van der Waals surface area contributed by atoms with Crippen LogP contribution in [0.25, 0.3) is 16.9 Å². The summed E-state index contributed by atoms with van der Waals surface area (Å²) in [6.07, 6.45) is 0.536. The first-order chi connectivity index (χ1) is 14.2. The first kappa shape index (κ1) is 18.0. The molecule has 4 aromatic rings. The molecule has 1 saturated heterocycles. The molecule has 1 fully saturated rings. The van der Waals surface area contributed by atoms with E-state index in [0.717, 1.165) is 5.56 Å². The zero-order valence-electron chi connectivity index (χ0n) is 15.2. The van der Waals surface area contributed by atoms with Gasteiger partial charge in [0.1, 0.15) is 24.9 Å². The largest absolute Gasteiger partial charge is 0.471 e. The smallest absolute Gasteiger partial charge is 0.247 e. The van der Waals surface area contributed by atoms with Gasteiger partial charge in [0, 0.05) is 12.4 Å². The lowest BCUT2D eigenvalue weighted by molar-refractivity contribution is -0.0511. The number of aliphatic hydroxyl groups excluding tert-OH is 3. The van der Waals surface area contributed by atoms with Gasteiger partial charge < -0.3 is 24.8 Å². The average molecular weight is 397 g/mol. The molecule has 3 aromatic heterocycles. The molecule has 0 radical (unpaired) electrons. The SMILES string of the molecule is OC[C@H]1O[C@@H](n2cnc3c(OCc4ccccc4)nc4nccn4c32)[C@H](O)[C@H]1O. The van der Waals surface area contributed by atoms with E-state index in [1.165, 1.54) is 6.33 Å². The Kier molecular flexibility index (Phi) is 4.40. The van der Waals surface area contributed by atoms with Crippen molar-refractivity contribution in [3.05, 3.63) is 54.6 Å². The summed E-state index contributed by atoms with van der Waals surface area (Å²) in [5.74, 6) is 0.696. The lowest BCUT2D eigenvalue weighted by Gasteiger charge is -2.17. The van der Waals surface area contributed by atoms with Crippen LogP contribution in [0.5, 0.6) is 5.88 Å². The second kappa shape index (κ2) is 7.08. The molecule has 10 heteroatoms. The van der Waals surface area contributed by atoms with Crippen molar-refractivity contribution in [2.75, 3.05) is 6.61 Å². The summed E-state index contributed by atoms with van der Waals surface area (Å²) in [5, 5.41) is 29.9. The summed E-state index contributed by atoms with van der Waals surface area (Å²) >= 11 is 0. The number of benzene rings is 1. The lowest BCUT2D eigenvalue weighted by atomic mass is 10.1. The molecule has 0 unspecified atom stereocenters. The molecule has 0 amide bonds. The fourth-order valence-electron chi connectivity index (χ4n) is 3.55. The van der Waals surface area contributed by atoms with Gasteiger partial charge in [0.15, 0.2) is 17.4 Å². The standard InChI is InChI=1S/C19H19N5O5/c25-8-12-14(26)15(27)18(29-12)24-10-21-13-16(28-9-11-4-2-1-3-5-11)22-19-20-6-7-23(19)17(13)24/h1-7,10,12,14-15,18,25-27H,8-9H2/t12-,14+,15-,18-/m1/s1. The van der Waals surface area contributed by atoms with Crippen LogP contribution in [-0.4, -0.2) is 64.2 Å². The van der Waals surface area contributed by atoms with Crippen molar-refractivity contribution >= 4 is 16.9 Å². The Morgan fingerprint density at radius 2 is 1.93 bits per heavy atom. The summed E-state index contributed by atoms with van der Waals surface area (Å²) < 4.78 is 14.9. The van der Waals surface area contributed by atoms with Gasteiger partial charge in [0.2, 0.25) is 11.7 Å². The minimum absolute atomic E-state index is 0.299. The molecule has 1 aromatic carbocycles. The van der Waals surface area contributed by atoms with Gasteiger partial charge in [-0.05, 0) is 5.56 Å². The third-order valence-corrected chi connectivity index (χ3v) is 5.03. The second-order valence-corrected chi connectivity index (χ2v) is 6.84. The van der Waals surface area contributed by atoms with E-state index in [4.69, 9.17) is 9.47 Å². The Hall–Kier alpha value is -3.05. The number of aromatic nitrogens is 5. The predicted octanol–water partition coefficient (Wildman–Crippen LogP) is 0.269. The minimum Gasteiger partial charge on any atom is -0.471 e. The van der Waals surface area contributed by atoms with Crippen LogP contribution in [0.4, 0.5) is 0 Å². The fraction of sp³-hybridized carbons (Fsp3) is 0.316. The Bertz CT molecular complexity index is 1140. The molecule has 0 aliphatic carbocycles. The van der Waals surface area contributed by atoms with E-state index in [0.29, 0.717) is 29.4 Å². The zero-order valence-corrected chi connectivity index (χ0v) is 15.2. The van der Waals surface area contributed by atoms with E-state index < -0.39 is 31.1 Å². The second-order valence-electron chi connectivity index (χ2n) is 6.84. The molecule has 4 atom stereocenters. The van der Waals surface area contributed by atoms with Gasteiger partial charge in [0.05, 0.1) is 12.9 Å². The highest BCUT2D eigenvalue weighted by atomic mass is 16.6. The Balaban J connectivity index is 1.58. The Labute approximate surface area is 164 Å². The van der Waals surface area contributed by atoms with Crippen LogP contribution in [0.1, 0.15) is 11.8 Å². The molecule has 1 aliphatic heterocycles. The van der Waals surface area contributed by atoms with Gasteiger partial charge in [-0.1, -0.05) is 30.3 Å². The first-order valence-electron chi connectivity index (χ1n) is 9.16. The quantitative estimate of drug-likeness (QED) is 0.438. The number of fused-ring (bicyclic) bond motifs is 3. The van der Waals surface area contributed by atoms with Crippen LogP contribution < -0.4 is 4.74 Å². The minimum atomic E-state index is -1.23. The number of aliphatic hydroxyl groups is 3. The molecule has 150 valence electrons. The Morgan fingerprint density at radius 1 is 1.10 bits per heavy atom. The predicted molar refractivity (Wildman–Crippen MR) is 100 cm³/mol. The monoisotopic (exact) mass is 397 g/mol. The highest BCUT2D eigenvalue weighted by molar-refractivity contribution is 5.79. The highest BCUT2D eigenvalue weighted by Crippen LogP contribution is 2.33. The third kappa shape index (κ3) is 2.93. The van der Waals surface area contributed by atoms with E-state index >= 15 is 0 Å². The molecule has 0 bridgehead atoms. The van der Waals surface area contributed by atoms with Crippen molar-refractivity contribution in [2.24, 2.45) is 0 Å². The van der Waals surface area contributed by atoms with Gasteiger partial charge in [-0.25, -0.2) is 9.97 Å². The maximum absolute atomic E-state index is 10.4. The Morgan fingerprint density at radius 3 is 2.69 bits per heavy atom. The number of ether oxygens (including phenoxy) is 2. The van der Waals surface area contributed by atoms with Crippen LogP contribution in [0.2, 0.25) is 0 Å². The molecule has 4 heterocycles. The number of imidazole rings is 2. The number of hydrogen-bond acceptors (Lipinski definition) is 8. The topological polar surface area (TPSA) is 127 Å². The fourth-order valence-corrected chi connectivity index (χ4v) is 3.55. The van der Waals surface area contributed by atoms with E-state index in [-0.39, 0.29) is 0 Å². The highest BCUT2D eigenvalue weighted by Gasteiger charge is 2.44. The van der Waals surface area contributed by atoms with Crippen molar-refractivity contribution < 1.29 is 24.8 Å². The van der Waals surface area contributed by atoms with Crippen molar-refractivity contribution in [2.45, 2.75) is 31.1 Å². The molecular formula is C19H19N5O5. The molecule has 0 spiro atoms. The first-order valence-corrected chi connectivity index (χ1v) is 9.16. The summed E-state index contributed by atoms with van der Waals surface area (Å²) in [5.41, 5.74) is 1.99. The van der Waals surface area contributed by atoms with Crippen molar-refractivity contribution in [3.63, 3.8) is 0 Å². The molecule has 3 N–H and O–H groups in total. The number of nitrogens with zero attached hydrogens (tertiary/aromatic N) is 5. The van der Waals surface area contributed by atoms with E-state index in [1.54, 1.807) is 21.4 Å². The maximum Gasteiger partial charge on any atom is 0.247 e. The van der Waals surface area contributed by atoms with Crippen LogP contribution in [0, 0.1) is 0 Å². The normalized spacial score (nSPS) is 24.5. The third-order valence-electron chi connectivity index (χ3n) is 5.03. The van der Waals surface area contributed by atoms with Gasteiger partial charge in [-0.15, -0.1) is 0 Å². The summed E-state index contributed by atoms with van der Waals surface area (Å²) in [4.78, 5) is 13.1. The number of hydrogen-bond donors (Lipinski definition) is 3. The van der Waals surface area contributed by atoms with Gasteiger partial charge >= 0.3 is 0 Å². The van der Waals surface area contributed by atoms with Crippen LogP contribution in [0.15, 0.2) is 49.1 Å². The molecule has 10 nitrogen and oxygen atoms in total. The molecule has 5 rings (SSSR count). The molecule has 1 aliphatic rings. The lowest BCUT2D eigenvalue weighted by Crippen LogP contribution is -2.33. The summed E-state index contributed by atoms with van der Waals surface area (Å²) in [6, 6.07) is 9.68. The van der Waals surface area contributed by atoms with Crippen LogP contribution in [0.3, 0.4) is 0 Å². The van der Waals surface area contributed by atoms with Crippen LogP contribution in [-0.2, 0) is 11.3 Å².